The third kappa shape index (κ3) is 1.51. The molecule has 0 unspecified atom stereocenters. The molecule has 1 amide bonds. The lowest BCUT2D eigenvalue weighted by Crippen LogP contribution is -2.51. The zero-order chi connectivity index (χ0) is 16.4. The fraction of sp³-hybridized carbons (Fsp3) is 0.222. The van der Waals surface area contributed by atoms with Gasteiger partial charge in [0.1, 0.15) is 5.69 Å². The van der Waals surface area contributed by atoms with Crippen LogP contribution < -0.4 is 0 Å². The molecule has 3 heterocycles. The van der Waals surface area contributed by atoms with Crippen LogP contribution in [0.4, 0.5) is 4.79 Å². The van der Waals surface area contributed by atoms with E-state index in [1.807, 2.05) is 18.2 Å². The van der Waals surface area contributed by atoms with Crippen LogP contribution in [0.3, 0.4) is 0 Å². The number of carbonyl (C=O) groups is 2. The molecular formula is C18H12N4O2. The summed E-state index contributed by atoms with van der Waals surface area (Å²) in [6, 6.07) is 5.62. The van der Waals surface area contributed by atoms with Gasteiger partial charge >= 0.3 is 6.03 Å². The van der Waals surface area contributed by atoms with Crippen molar-refractivity contribution in [1.82, 2.24) is 14.5 Å². The molecule has 24 heavy (non-hydrogen) atoms. The Morgan fingerprint density at radius 3 is 2.92 bits per heavy atom. The summed E-state index contributed by atoms with van der Waals surface area (Å²) in [5.74, 6) is -0.233. The number of Topliss-reactive ketones (excluding diaryl/α,β-unsaturated/α-hetero) is 1. The maximum Gasteiger partial charge on any atom is 0.328 e. The van der Waals surface area contributed by atoms with Crippen molar-refractivity contribution in [3.63, 3.8) is 0 Å². The Hall–Kier alpha value is -3.20. The average Bonchev–Trinajstić information content (AvgIpc) is 3.17. The first-order valence-electron chi connectivity index (χ1n) is 7.82. The maximum absolute atomic E-state index is 12.9. The summed E-state index contributed by atoms with van der Waals surface area (Å²) in [6.45, 7) is 0.841. The van der Waals surface area contributed by atoms with E-state index >= 15 is 0 Å². The van der Waals surface area contributed by atoms with E-state index in [1.54, 1.807) is 17.3 Å². The van der Waals surface area contributed by atoms with Crippen molar-refractivity contribution in [3.8, 4) is 17.2 Å². The minimum absolute atomic E-state index is 0.108. The molecule has 0 bridgehead atoms. The number of likely N-dealkylation sites (tertiary alicyclic amines) is 1. The Labute approximate surface area is 137 Å². The molecule has 2 aromatic rings. The Balaban J connectivity index is 1.63. The monoisotopic (exact) mass is 316 g/mol. The van der Waals surface area contributed by atoms with Crippen LogP contribution in [-0.4, -0.2) is 39.4 Å². The number of ketones is 1. The second-order valence-corrected chi connectivity index (χ2v) is 6.29. The van der Waals surface area contributed by atoms with Gasteiger partial charge < -0.3 is 4.90 Å². The van der Waals surface area contributed by atoms with E-state index in [2.05, 4.69) is 11.1 Å². The van der Waals surface area contributed by atoms with Crippen LogP contribution in [0.1, 0.15) is 21.7 Å². The zero-order valence-corrected chi connectivity index (χ0v) is 12.7. The van der Waals surface area contributed by atoms with Crippen molar-refractivity contribution in [1.29, 1.82) is 5.26 Å². The lowest BCUT2D eigenvalue weighted by Gasteiger charge is -2.35. The predicted molar refractivity (Wildman–Crippen MR) is 85.1 cm³/mol. The van der Waals surface area contributed by atoms with Crippen LogP contribution in [0.25, 0.3) is 16.7 Å². The molecule has 116 valence electrons. The highest BCUT2D eigenvalue weighted by Gasteiger charge is 2.38. The summed E-state index contributed by atoms with van der Waals surface area (Å²) in [7, 11) is 0. The predicted octanol–water partition coefficient (Wildman–Crippen LogP) is 2.11. The molecule has 0 spiro atoms. The minimum Gasteiger partial charge on any atom is -0.321 e. The fourth-order valence-electron chi connectivity index (χ4n) is 3.73. The number of nitriles is 1. The van der Waals surface area contributed by atoms with Crippen molar-refractivity contribution in [3.05, 3.63) is 47.6 Å². The number of nitrogens with zero attached hydrogens (tertiary/aromatic N) is 4. The van der Waals surface area contributed by atoms with Crippen molar-refractivity contribution in [2.24, 2.45) is 5.92 Å². The van der Waals surface area contributed by atoms with Gasteiger partial charge in [0.05, 0.1) is 17.7 Å². The summed E-state index contributed by atoms with van der Waals surface area (Å²) in [5, 5.41) is 8.87. The summed E-state index contributed by atoms with van der Waals surface area (Å²) in [4.78, 5) is 31.6. The summed E-state index contributed by atoms with van der Waals surface area (Å²) in [5.41, 5.74) is 4.63. The fourth-order valence-corrected chi connectivity index (χ4v) is 3.73. The van der Waals surface area contributed by atoms with E-state index in [0.29, 0.717) is 30.8 Å². The highest BCUT2D eigenvalue weighted by atomic mass is 16.2. The first-order chi connectivity index (χ1) is 11.7. The van der Waals surface area contributed by atoms with E-state index in [0.717, 1.165) is 22.4 Å². The van der Waals surface area contributed by atoms with Gasteiger partial charge in [-0.05, 0) is 17.7 Å². The maximum atomic E-state index is 12.9. The molecule has 0 saturated carbocycles. The topological polar surface area (TPSA) is 79.0 Å². The number of rotatable bonds is 0. The second kappa shape index (κ2) is 4.42. The van der Waals surface area contributed by atoms with Crippen LogP contribution in [0, 0.1) is 17.2 Å². The molecular weight excluding hydrogens is 304 g/mol. The Morgan fingerprint density at radius 2 is 2.12 bits per heavy atom. The Morgan fingerprint density at radius 1 is 1.29 bits per heavy atom. The molecule has 1 aliphatic heterocycles. The van der Waals surface area contributed by atoms with Crippen LogP contribution in [0.2, 0.25) is 0 Å². The number of amides is 1. The van der Waals surface area contributed by atoms with Crippen LogP contribution in [-0.2, 0) is 6.42 Å². The van der Waals surface area contributed by atoms with E-state index in [4.69, 9.17) is 5.26 Å². The molecule has 5 rings (SSSR count). The van der Waals surface area contributed by atoms with Gasteiger partial charge in [-0.2, -0.15) is 5.26 Å². The molecule has 0 atom stereocenters. The molecule has 0 radical (unpaired) electrons. The second-order valence-electron chi connectivity index (χ2n) is 6.29. The van der Waals surface area contributed by atoms with Gasteiger partial charge in [0, 0.05) is 48.6 Å². The lowest BCUT2D eigenvalue weighted by molar-refractivity contribution is 0.104. The van der Waals surface area contributed by atoms with Gasteiger partial charge in [-0.3, -0.25) is 14.3 Å². The number of allylic oxidation sites excluding steroid dienone is 2. The highest BCUT2D eigenvalue weighted by Crippen LogP contribution is 2.43. The van der Waals surface area contributed by atoms with Crippen molar-refractivity contribution >= 4 is 17.4 Å². The van der Waals surface area contributed by atoms with Gasteiger partial charge in [-0.1, -0.05) is 6.08 Å². The number of hydrogen-bond donors (Lipinski definition) is 0. The molecule has 6 heteroatoms. The number of carbonyl (C=O) groups excluding carboxylic acids is 2. The smallest absolute Gasteiger partial charge is 0.321 e. The number of aromatic nitrogens is 2. The van der Waals surface area contributed by atoms with Crippen LogP contribution >= 0.6 is 0 Å². The molecule has 3 aliphatic rings. The Kier molecular flexibility index (Phi) is 2.44. The summed E-state index contributed by atoms with van der Waals surface area (Å²) in [6.07, 6.45) is 5.94. The van der Waals surface area contributed by atoms with Crippen molar-refractivity contribution in [2.45, 2.75) is 6.42 Å². The molecule has 2 aliphatic carbocycles. The van der Waals surface area contributed by atoms with Gasteiger partial charge in [-0.25, -0.2) is 4.79 Å². The van der Waals surface area contributed by atoms with Crippen LogP contribution in [0.5, 0.6) is 0 Å². The molecule has 1 saturated heterocycles. The van der Waals surface area contributed by atoms with Gasteiger partial charge in [-0.15, -0.1) is 0 Å². The zero-order valence-electron chi connectivity index (χ0n) is 12.7. The average molecular weight is 316 g/mol. The summed E-state index contributed by atoms with van der Waals surface area (Å²) < 4.78 is 1.42. The number of pyridine rings is 1. The van der Waals surface area contributed by atoms with E-state index in [9.17, 15) is 9.59 Å². The van der Waals surface area contributed by atoms with Crippen molar-refractivity contribution < 1.29 is 9.59 Å². The van der Waals surface area contributed by atoms with Crippen LogP contribution in [0.15, 0.2) is 30.6 Å². The first-order valence-corrected chi connectivity index (χ1v) is 7.82. The molecule has 1 fully saturated rings. The normalized spacial score (nSPS) is 17.7. The largest absolute Gasteiger partial charge is 0.328 e. The first kappa shape index (κ1) is 13.3. The highest BCUT2D eigenvalue weighted by molar-refractivity contribution is 6.35. The van der Waals surface area contributed by atoms with E-state index < -0.39 is 0 Å². The third-order valence-corrected chi connectivity index (χ3v) is 4.98. The minimum atomic E-state index is -0.243. The van der Waals surface area contributed by atoms with Gasteiger partial charge in [0.2, 0.25) is 5.78 Å². The molecule has 2 aromatic heterocycles. The SMILES string of the molecule is N#CC1CN(C(=O)n2ccc3c2C(=O)C2=CCc4nccc-3c42)C1. The third-order valence-electron chi connectivity index (χ3n) is 4.98. The van der Waals surface area contributed by atoms with Gasteiger partial charge in [0.25, 0.3) is 0 Å². The van der Waals surface area contributed by atoms with Crippen molar-refractivity contribution in [2.75, 3.05) is 13.1 Å². The van der Waals surface area contributed by atoms with E-state index in [1.165, 1.54) is 4.57 Å². The molecule has 6 nitrogen and oxygen atoms in total. The lowest BCUT2D eigenvalue weighted by atomic mass is 9.87. The molecule has 0 N–H and O–H groups in total. The standard InChI is InChI=1S/C18H12N4O2/c19-7-10-8-21(9-10)18(24)22-6-4-12-11-3-5-20-14-2-1-13(15(11)14)17(23)16(12)22/h1,3-6,10H,2,8-9H2. The summed E-state index contributed by atoms with van der Waals surface area (Å²) >= 11 is 0. The van der Waals surface area contributed by atoms with Gasteiger partial charge in [0.15, 0.2) is 0 Å². The Bertz CT molecular complexity index is 1000. The number of fused-ring (bicyclic) bond motifs is 2. The van der Waals surface area contributed by atoms with E-state index in [-0.39, 0.29) is 17.7 Å². The quantitative estimate of drug-likeness (QED) is 0.745. The number of hydrogen-bond acceptors (Lipinski definition) is 4. The molecule has 0 aromatic carbocycles.